The van der Waals surface area contributed by atoms with Gasteiger partial charge >= 0.3 is 6.18 Å². The van der Waals surface area contributed by atoms with Gasteiger partial charge in [-0.15, -0.1) is 0 Å². The van der Waals surface area contributed by atoms with E-state index in [1.54, 1.807) is 30.3 Å². The normalized spacial score (nSPS) is 24.2. The minimum absolute atomic E-state index is 0.165. The highest BCUT2D eigenvalue weighted by molar-refractivity contribution is 5.88. The number of alkyl halides is 3. The molecule has 0 spiro atoms. The van der Waals surface area contributed by atoms with Crippen LogP contribution in [0, 0.1) is 5.41 Å². The van der Waals surface area contributed by atoms with Crippen LogP contribution in [0.1, 0.15) is 12.0 Å². The third-order valence-electron chi connectivity index (χ3n) is 3.44. The molecule has 1 unspecified atom stereocenters. The lowest BCUT2D eigenvalue weighted by Gasteiger charge is -2.29. The van der Waals surface area contributed by atoms with Gasteiger partial charge in [-0.2, -0.15) is 13.2 Å². The minimum atomic E-state index is -4.48. The standard InChI is InChI=1S/C13H14F3NO/c14-13(15,16)12(6-7-17-9-12)11(18)8-10-4-2-1-3-5-10/h1-5,17H,6-9H2. The fourth-order valence-corrected chi connectivity index (χ4v) is 2.28. The van der Waals surface area contributed by atoms with E-state index >= 15 is 0 Å². The summed E-state index contributed by atoms with van der Waals surface area (Å²) in [5.41, 5.74) is -1.58. The van der Waals surface area contributed by atoms with Crippen LogP contribution in [-0.2, 0) is 11.2 Å². The average Bonchev–Trinajstić information content (AvgIpc) is 2.80. The van der Waals surface area contributed by atoms with E-state index in [1.807, 2.05) is 0 Å². The van der Waals surface area contributed by atoms with Gasteiger partial charge < -0.3 is 5.32 Å². The Kier molecular flexibility index (Phi) is 3.43. The average molecular weight is 257 g/mol. The predicted molar refractivity (Wildman–Crippen MR) is 61.1 cm³/mol. The van der Waals surface area contributed by atoms with Gasteiger partial charge in [0.1, 0.15) is 5.41 Å². The summed E-state index contributed by atoms with van der Waals surface area (Å²) < 4.78 is 39.3. The summed E-state index contributed by atoms with van der Waals surface area (Å²) in [6, 6.07) is 8.55. The summed E-state index contributed by atoms with van der Waals surface area (Å²) in [6.45, 7) is -0.0673. The summed E-state index contributed by atoms with van der Waals surface area (Å²) in [4.78, 5) is 12.0. The van der Waals surface area contributed by atoms with Crippen LogP contribution in [0.3, 0.4) is 0 Å². The fourth-order valence-electron chi connectivity index (χ4n) is 2.28. The number of ketones is 1. The second-order valence-electron chi connectivity index (χ2n) is 4.59. The highest BCUT2D eigenvalue weighted by Crippen LogP contribution is 2.44. The zero-order valence-electron chi connectivity index (χ0n) is 9.76. The molecule has 1 aromatic rings. The molecule has 1 aliphatic heterocycles. The first kappa shape index (κ1) is 13.1. The SMILES string of the molecule is O=C(Cc1ccccc1)C1(C(F)(F)F)CCNC1. The van der Waals surface area contributed by atoms with Crippen molar-refractivity contribution in [3.8, 4) is 0 Å². The first-order valence-electron chi connectivity index (χ1n) is 5.80. The molecule has 0 saturated carbocycles. The lowest BCUT2D eigenvalue weighted by molar-refractivity contribution is -0.214. The Morgan fingerprint density at radius 2 is 1.94 bits per heavy atom. The van der Waals surface area contributed by atoms with Crippen molar-refractivity contribution in [3.63, 3.8) is 0 Å². The molecule has 0 bridgehead atoms. The van der Waals surface area contributed by atoms with Gasteiger partial charge in [-0.1, -0.05) is 30.3 Å². The Morgan fingerprint density at radius 1 is 1.28 bits per heavy atom. The van der Waals surface area contributed by atoms with Gasteiger partial charge in [0.25, 0.3) is 0 Å². The van der Waals surface area contributed by atoms with E-state index in [1.165, 1.54) is 0 Å². The molecule has 98 valence electrons. The van der Waals surface area contributed by atoms with Gasteiger partial charge in [0.15, 0.2) is 5.78 Å². The molecule has 1 fully saturated rings. The number of nitrogens with one attached hydrogen (secondary N) is 1. The number of hydrogen-bond acceptors (Lipinski definition) is 2. The summed E-state index contributed by atoms with van der Waals surface area (Å²) >= 11 is 0. The van der Waals surface area contributed by atoms with E-state index in [0.717, 1.165) is 0 Å². The van der Waals surface area contributed by atoms with E-state index in [2.05, 4.69) is 5.32 Å². The maximum Gasteiger partial charge on any atom is 0.402 e. The second-order valence-corrected chi connectivity index (χ2v) is 4.59. The van der Waals surface area contributed by atoms with Crippen molar-refractivity contribution in [2.75, 3.05) is 13.1 Å². The maximum atomic E-state index is 13.1. The van der Waals surface area contributed by atoms with Crippen molar-refractivity contribution >= 4 is 5.78 Å². The second kappa shape index (κ2) is 4.72. The molecule has 1 atom stereocenters. The first-order chi connectivity index (χ1) is 8.46. The van der Waals surface area contributed by atoms with Crippen molar-refractivity contribution in [1.29, 1.82) is 0 Å². The van der Waals surface area contributed by atoms with Crippen LogP contribution in [0.4, 0.5) is 13.2 Å². The van der Waals surface area contributed by atoms with Gasteiger partial charge in [-0.3, -0.25) is 4.79 Å². The Bertz CT molecular complexity index is 422. The number of carbonyl (C=O) groups excluding carboxylic acids is 1. The van der Waals surface area contributed by atoms with Crippen LogP contribution < -0.4 is 5.32 Å². The minimum Gasteiger partial charge on any atom is -0.315 e. The Labute approximate surface area is 103 Å². The molecule has 1 aliphatic rings. The van der Waals surface area contributed by atoms with Crippen molar-refractivity contribution in [3.05, 3.63) is 35.9 Å². The van der Waals surface area contributed by atoms with Crippen molar-refractivity contribution in [1.82, 2.24) is 5.32 Å². The summed E-state index contributed by atoms with van der Waals surface area (Å²) in [6.07, 6.45) is -4.81. The van der Waals surface area contributed by atoms with Gasteiger partial charge in [0.05, 0.1) is 0 Å². The fraction of sp³-hybridized carbons (Fsp3) is 0.462. The molecule has 0 aliphatic carbocycles. The largest absolute Gasteiger partial charge is 0.402 e. The smallest absolute Gasteiger partial charge is 0.315 e. The first-order valence-corrected chi connectivity index (χ1v) is 5.80. The van der Waals surface area contributed by atoms with Gasteiger partial charge in [0, 0.05) is 13.0 Å². The molecule has 1 N–H and O–H groups in total. The van der Waals surface area contributed by atoms with E-state index in [-0.39, 0.29) is 25.9 Å². The molecule has 2 nitrogen and oxygen atoms in total. The Hall–Kier alpha value is -1.36. The molecule has 1 saturated heterocycles. The van der Waals surface area contributed by atoms with Gasteiger partial charge in [0.2, 0.25) is 0 Å². The third kappa shape index (κ3) is 2.27. The molecule has 1 heterocycles. The number of hydrogen-bond donors (Lipinski definition) is 1. The van der Waals surface area contributed by atoms with E-state index in [0.29, 0.717) is 5.56 Å². The molecule has 1 aromatic carbocycles. The van der Waals surface area contributed by atoms with Gasteiger partial charge in [-0.05, 0) is 18.5 Å². The topological polar surface area (TPSA) is 29.1 Å². The molecule has 18 heavy (non-hydrogen) atoms. The molecule has 0 amide bonds. The van der Waals surface area contributed by atoms with Crippen LogP contribution in [-0.4, -0.2) is 25.0 Å². The van der Waals surface area contributed by atoms with Crippen LogP contribution in [0.25, 0.3) is 0 Å². The molecule has 0 aromatic heterocycles. The summed E-state index contributed by atoms with van der Waals surface area (Å²) in [5.74, 6) is -0.744. The van der Waals surface area contributed by atoms with Crippen LogP contribution in [0.5, 0.6) is 0 Å². The van der Waals surface area contributed by atoms with Crippen LogP contribution in [0.2, 0.25) is 0 Å². The third-order valence-corrected chi connectivity index (χ3v) is 3.44. The van der Waals surface area contributed by atoms with Crippen molar-refractivity contribution in [2.45, 2.75) is 19.0 Å². The van der Waals surface area contributed by atoms with Gasteiger partial charge in [-0.25, -0.2) is 0 Å². The maximum absolute atomic E-state index is 13.1. The number of rotatable bonds is 3. The van der Waals surface area contributed by atoms with E-state index in [4.69, 9.17) is 0 Å². The summed E-state index contributed by atoms with van der Waals surface area (Å²) in [5, 5.41) is 2.65. The van der Waals surface area contributed by atoms with Crippen molar-refractivity contribution in [2.24, 2.45) is 5.41 Å². The monoisotopic (exact) mass is 257 g/mol. The molecule has 5 heteroatoms. The highest BCUT2D eigenvalue weighted by Gasteiger charge is 2.60. The molecular weight excluding hydrogens is 243 g/mol. The highest BCUT2D eigenvalue weighted by atomic mass is 19.4. The van der Waals surface area contributed by atoms with E-state index < -0.39 is 17.4 Å². The number of Topliss-reactive ketones (excluding diaryl/α,β-unsaturated/α-hetero) is 1. The lowest BCUT2D eigenvalue weighted by atomic mass is 9.79. The van der Waals surface area contributed by atoms with E-state index in [9.17, 15) is 18.0 Å². The number of halogens is 3. The Balaban J connectivity index is 2.20. The lowest BCUT2D eigenvalue weighted by Crippen LogP contribution is -2.47. The van der Waals surface area contributed by atoms with Crippen molar-refractivity contribution < 1.29 is 18.0 Å². The molecule has 0 radical (unpaired) electrons. The number of benzene rings is 1. The predicted octanol–water partition coefficient (Wildman–Crippen LogP) is 2.34. The Morgan fingerprint density at radius 3 is 2.44 bits per heavy atom. The van der Waals surface area contributed by atoms with Crippen LogP contribution in [0.15, 0.2) is 30.3 Å². The molecule has 2 rings (SSSR count). The quantitative estimate of drug-likeness (QED) is 0.900. The summed E-state index contributed by atoms with van der Waals surface area (Å²) in [7, 11) is 0. The van der Waals surface area contributed by atoms with Crippen LogP contribution >= 0.6 is 0 Å². The molecular formula is C13H14F3NO. The number of carbonyl (C=O) groups is 1. The zero-order valence-corrected chi connectivity index (χ0v) is 9.76. The zero-order chi connectivity index (χ0) is 13.2.